The lowest BCUT2D eigenvalue weighted by atomic mass is 9.86. The third kappa shape index (κ3) is 5.33. The number of esters is 1. The van der Waals surface area contributed by atoms with E-state index in [-0.39, 0.29) is 18.6 Å². The van der Waals surface area contributed by atoms with Gasteiger partial charge in [-0.1, -0.05) is 12.2 Å². The Kier molecular flexibility index (Phi) is 7.71. The summed E-state index contributed by atoms with van der Waals surface area (Å²) in [5.41, 5.74) is 0.420. The molecule has 0 saturated heterocycles. The molecule has 0 aromatic rings. The van der Waals surface area contributed by atoms with Crippen molar-refractivity contribution in [1.29, 1.82) is 0 Å². The predicted octanol–water partition coefficient (Wildman–Crippen LogP) is 0.788. The van der Waals surface area contributed by atoms with Crippen molar-refractivity contribution in [2.75, 3.05) is 19.7 Å². The fourth-order valence-electron chi connectivity index (χ4n) is 2.78. The molecule has 0 aromatic carbocycles. The standard InChI is InChI=1S/C17H26N2O4/c1-5-8-19(9-6-2)14-10-13(17(22)23-7-3)11-15(21)16(14)18-12(4)20/h5-6,11,14-16,21H,1-2,7-10H2,3-4H3,(H,18,20)/t14-,15+,16+/m0/s1. The minimum absolute atomic E-state index is 0.232. The number of nitrogens with zero attached hydrogens (tertiary/aromatic N) is 1. The Balaban J connectivity index is 3.10. The molecular weight excluding hydrogens is 296 g/mol. The van der Waals surface area contributed by atoms with Gasteiger partial charge >= 0.3 is 5.97 Å². The van der Waals surface area contributed by atoms with Crippen molar-refractivity contribution in [3.05, 3.63) is 37.0 Å². The molecule has 6 nitrogen and oxygen atoms in total. The van der Waals surface area contributed by atoms with Gasteiger partial charge in [-0.3, -0.25) is 9.69 Å². The Morgan fingerprint density at radius 2 is 2.04 bits per heavy atom. The molecule has 0 aliphatic heterocycles. The molecule has 1 aliphatic rings. The van der Waals surface area contributed by atoms with Crippen molar-refractivity contribution in [2.45, 2.75) is 38.5 Å². The minimum atomic E-state index is -0.964. The molecule has 6 heteroatoms. The Morgan fingerprint density at radius 1 is 1.43 bits per heavy atom. The average molecular weight is 322 g/mol. The Hall–Kier alpha value is -1.92. The largest absolute Gasteiger partial charge is 0.463 e. The van der Waals surface area contributed by atoms with Gasteiger partial charge in [0.1, 0.15) is 0 Å². The number of hydrogen-bond acceptors (Lipinski definition) is 5. The molecule has 23 heavy (non-hydrogen) atoms. The van der Waals surface area contributed by atoms with Crippen LogP contribution < -0.4 is 5.32 Å². The van der Waals surface area contributed by atoms with Gasteiger partial charge in [-0.05, 0) is 19.4 Å². The van der Waals surface area contributed by atoms with E-state index in [0.717, 1.165) is 0 Å². The first kappa shape index (κ1) is 19.1. The number of carbonyl (C=O) groups excluding carboxylic acids is 2. The second kappa shape index (κ2) is 9.27. The molecule has 0 fully saturated rings. The molecule has 1 rings (SSSR count). The van der Waals surface area contributed by atoms with E-state index in [0.29, 0.717) is 25.1 Å². The Labute approximate surface area is 137 Å². The number of nitrogens with one attached hydrogen (secondary N) is 1. The van der Waals surface area contributed by atoms with E-state index in [4.69, 9.17) is 4.74 Å². The number of ether oxygens (including phenoxy) is 1. The second-order valence-corrected chi connectivity index (χ2v) is 5.43. The van der Waals surface area contributed by atoms with Crippen LogP contribution in [0.15, 0.2) is 37.0 Å². The first-order valence-corrected chi connectivity index (χ1v) is 7.73. The summed E-state index contributed by atoms with van der Waals surface area (Å²) in [6, 6.07) is -0.764. The third-order valence-corrected chi connectivity index (χ3v) is 3.69. The number of aliphatic hydroxyl groups excluding tert-OH is 1. The lowest BCUT2D eigenvalue weighted by Gasteiger charge is -2.40. The summed E-state index contributed by atoms with van der Waals surface area (Å²) >= 11 is 0. The molecule has 0 spiro atoms. The van der Waals surface area contributed by atoms with Gasteiger partial charge in [-0.25, -0.2) is 4.79 Å². The van der Waals surface area contributed by atoms with Gasteiger partial charge in [-0.2, -0.15) is 0 Å². The third-order valence-electron chi connectivity index (χ3n) is 3.69. The van der Waals surface area contributed by atoms with E-state index in [1.54, 1.807) is 19.1 Å². The summed E-state index contributed by atoms with van der Waals surface area (Å²) < 4.78 is 5.03. The van der Waals surface area contributed by atoms with Crippen LogP contribution in [0.1, 0.15) is 20.3 Å². The highest BCUT2D eigenvalue weighted by molar-refractivity contribution is 5.89. The van der Waals surface area contributed by atoms with E-state index in [9.17, 15) is 14.7 Å². The van der Waals surface area contributed by atoms with E-state index in [2.05, 4.69) is 18.5 Å². The summed E-state index contributed by atoms with van der Waals surface area (Å²) in [7, 11) is 0. The molecule has 0 aromatic heterocycles. The summed E-state index contributed by atoms with van der Waals surface area (Å²) in [5, 5.41) is 13.2. The van der Waals surface area contributed by atoms with Crippen molar-refractivity contribution in [2.24, 2.45) is 0 Å². The first-order valence-electron chi connectivity index (χ1n) is 7.73. The molecule has 0 saturated carbocycles. The number of amides is 1. The SMILES string of the molecule is C=CCN(CC=C)[C@H]1CC(C(=O)OCC)=C[C@@H](O)[C@@H]1NC(C)=O. The predicted molar refractivity (Wildman–Crippen MR) is 88.7 cm³/mol. The van der Waals surface area contributed by atoms with Crippen LogP contribution in [0, 0.1) is 0 Å². The highest BCUT2D eigenvalue weighted by Gasteiger charge is 2.38. The smallest absolute Gasteiger partial charge is 0.333 e. The maximum atomic E-state index is 12.0. The maximum absolute atomic E-state index is 12.0. The average Bonchev–Trinajstić information content (AvgIpc) is 2.48. The highest BCUT2D eigenvalue weighted by Crippen LogP contribution is 2.25. The number of hydrogen-bond donors (Lipinski definition) is 2. The van der Waals surface area contributed by atoms with Crippen molar-refractivity contribution >= 4 is 11.9 Å². The van der Waals surface area contributed by atoms with Crippen LogP contribution in [0.5, 0.6) is 0 Å². The van der Waals surface area contributed by atoms with Gasteiger partial charge in [0.05, 0.1) is 18.8 Å². The van der Waals surface area contributed by atoms with Crippen LogP contribution in [0.2, 0.25) is 0 Å². The summed E-state index contributed by atoms with van der Waals surface area (Å²) in [4.78, 5) is 25.5. The van der Waals surface area contributed by atoms with E-state index in [1.807, 2.05) is 4.90 Å². The van der Waals surface area contributed by atoms with Gasteiger partial charge in [0.2, 0.25) is 5.91 Å². The van der Waals surface area contributed by atoms with Crippen molar-refractivity contribution in [3.63, 3.8) is 0 Å². The summed E-state index contributed by atoms with van der Waals surface area (Å²) in [6.45, 7) is 12.0. The van der Waals surface area contributed by atoms with Crippen LogP contribution in [0.4, 0.5) is 0 Å². The van der Waals surface area contributed by atoms with Gasteiger partial charge < -0.3 is 15.2 Å². The van der Waals surface area contributed by atoms with Crippen LogP contribution >= 0.6 is 0 Å². The van der Waals surface area contributed by atoms with E-state index >= 15 is 0 Å². The van der Waals surface area contributed by atoms with Gasteiger partial charge in [0, 0.05) is 31.6 Å². The second-order valence-electron chi connectivity index (χ2n) is 5.43. The molecule has 0 unspecified atom stereocenters. The number of rotatable bonds is 8. The number of carbonyl (C=O) groups is 2. The molecule has 0 bridgehead atoms. The molecule has 1 amide bonds. The van der Waals surface area contributed by atoms with Crippen LogP contribution in [0.3, 0.4) is 0 Å². The van der Waals surface area contributed by atoms with Gasteiger partial charge in [0.25, 0.3) is 0 Å². The minimum Gasteiger partial charge on any atom is -0.463 e. The van der Waals surface area contributed by atoms with Gasteiger partial charge in [-0.15, -0.1) is 13.2 Å². The fraction of sp³-hybridized carbons (Fsp3) is 0.529. The van der Waals surface area contributed by atoms with Gasteiger partial charge in [0.15, 0.2) is 0 Å². The van der Waals surface area contributed by atoms with Crippen LogP contribution in [-0.2, 0) is 14.3 Å². The summed E-state index contributed by atoms with van der Waals surface area (Å²) in [6.07, 6.45) is 4.36. The number of aliphatic hydroxyl groups is 1. The molecule has 0 radical (unpaired) electrons. The normalized spacial score (nSPS) is 23.8. The van der Waals surface area contributed by atoms with Crippen LogP contribution in [-0.4, -0.2) is 59.8 Å². The molecule has 1 aliphatic carbocycles. The zero-order valence-electron chi connectivity index (χ0n) is 13.8. The monoisotopic (exact) mass is 322 g/mol. The zero-order chi connectivity index (χ0) is 17.4. The maximum Gasteiger partial charge on any atom is 0.333 e. The Morgan fingerprint density at radius 3 is 2.52 bits per heavy atom. The first-order chi connectivity index (χ1) is 10.9. The highest BCUT2D eigenvalue weighted by atomic mass is 16.5. The Bertz CT molecular complexity index is 477. The molecule has 3 atom stereocenters. The van der Waals surface area contributed by atoms with Crippen molar-refractivity contribution < 1.29 is 19.4 Å². The quantitative estimate of drug-likeness (QED) is 0.510. The molecular formula is C17H26N2O4. The molecule has 2 N–H and O–H groups in total. The molecule has 0 heterocycles. The van der Waals surface area contributed by atoms with Crippen LogP contribution in [0.25, 0.3) is 0 Å². The molecule has 128 valence electrons. The van der Waals surface area contributed by atoms with E-state index in [1.165, 1.54) is 13.0 Å². The lowest BCUT2D eigenvalue weighted by molar-refractivity contribution is -0.139. The summed E-state index contributed by atoms with van der Waals surface area (Å²) in [5.74, 6) is -0.667. The van der Waals surface area contributed by atoms with E-state index < -0.39 is 18.1 Å². The lowest BCUT2D eigenvalue weighted by Crippen LogP contribution is -2.58. The fourth-order valence-corrected chi connectivity index (χ4v) is 2.78. The van der Waals surface area contributed by atoms with Crippen molar-refractivity contribution in [3.8, 4) is 0 Å². The van der Waals surface area contributed by atoms with Crippen molar-refractivity contribution in [1.82, 2.24) is 10.2 Å². The zero-order valence-corrected chi connectivity index (χ0v) is 13.8. The topological polar surface area (TPSA) is 78.9 Å².